The highest BCUT2D eigenvalue weighted by atomic mass is 32.1. The molecular weight excluding hydrogens is 268 g/mol. The lowest BCUT2D eigenvalue weighted by atomic mass is 9.88. The summed E-state index contributed by atoms with van der Waals surface area (Å²) in [6, 6.07) is 2.15. The van der Waals surface area contributed by atoms with Crippen molar-refractivity contribution in [3.63, 3.8) is 0 Å². The number of thiophene rings is 1. The quantitative estimate of drug-likeness (QED) is 0.926. The van der Waals surface area contributed by atoms with E-state index >= 15 is 0 Å². The fourth-order valence-electron chi connectivity index (χ4n) is 3.93. The molecule has 0 aromatic carbocycles. The first-order chi connectivity index (χ1) is 9.62. The molecule has 1 spiro atoms. The third-order valence-corrected chi connectivity index (χ3v) is 6.07. The number of carbonyl (C=O) groups excluding carboxylic acids is 1. The van der Waals surface area contributed by atoms with E-state index in [1.165, 1.54) is 31.2 Å². The van der Waals surface area contributed by atoms with E-state index in [1.54, 1.807) is 11.3 Å². The summed E-state index contributed by atoms with van der Waals surface area (Å²) in [5.41, 5.74) is 1.38. The summed E-state index contributed by atoms with van der Waals surface area (Å²) in [5, 5.41) is 7.90. The van der Waals surface area contributed by atoms with Gasteiger partial charge in [0.05, 0.1) is 0 Å². The van der Waals surface area contributed by atoms with Crippen LogP contribution in [0, 0.1) is 5.41 Å². The van der Waals surface area contributed by atoms with Crippen molar-refractivity contribution in [2.75, 3.05) is 6.54 Å². The van der Waals surface area contributed by atoms with Crippen LogP contribution in [-0.2, 0) is 4.79 Å². The average Bonchev–Trinajstić information content (AvgIpc) is 2.82. The summed E-state index contributed by atoms with van der Waals surface area (Å²) >= 11 is 1.71. The summed E-state index contributed by atoms with van der Waals surface area (Å²) in [6.07, 6.45) is 7.30. The zero-order valence-electron chi connectivity index (χ0n) is 12.0. The summed E-state index contributed by atoms with van der Waals surface area (Å²) in [5.74, 6) is 0.349. The monoisotopic (exact) mass is 290 g/mol. The molecule has 2 aliphatic carbocycles. The molecule has 1 atom stereocenters. The SMILES string of the molecule is CC1(CN2C(=O)C3(CC3)NC2c2ccsc2)CCCC1. The maximum atomic E-state index is 12.8. The van der Waals surface area contributed by atoms with Crippen LogP contribution >= 0.6 is 11.3 Å². The third kappa shape index (κ3) is 1.92. The van der Waals surface area contributed by atoms with Gasteiger partial charge in [0.1, 0.15) is 11.7 Å². The fourth-order valence-corrected chi connectivity index (χ4v) is 4.61. The molecule has 1 unspecified atom stereocenters. The van der Waals surface area contributed by atoms with E-state index < -0.39 is 0 Å². The predicted octanol–water partition coefficient (Wildman–Crippen LogP) is 3.29. The molecule has 2 heterocycles. The summed E-state index contributed by atoms with van der Waals surface area (Å²) in [7, 11) is 0. The number of hydrogen-bond acceptors (Lipinski definition) is 3. The van der Waals surface area contributed by atoms with Crippen molar-refractivity contribution in [1.82, 2.24) is 10.2 Å². The Labute approximate surface area is 124 Å². The van der Waals surface area contributed by atoms with Crippen LogP contribution < -0.4 is 5.32 Å². The second-order valence-electron chi connectivity index (χ2n) is 7.14. The van der Waals surface area contributed by atoms with Crippen molar-refractivity contribution in [1.29, 1.82) is 0 Å². The Morgan fingerprint density at radius 2 is 2.10 bits per heavy atom. The number of amides is 1. The second-order valence-corrected chi connectivity index (χ2v) is 7.92. The number of hydrogen-bond donors (Lipinski definition) is 1. The van der Waals surface area contributed by atoms with Crippen molar-refractivity contribution in [2.45, 2.75) is 57.2 Å². The van der Waals surface area contributed by atoms with Crippen LogP contribution in [0.25, 0.3) is 0 Å². The molecular formula is C16H22N2OS. The zero-order chi connectivity index (χ0) is 13.8. The molecule has 1 aromatic heterocycles. The van der Waals surface area contributed by atoms with Crippen LogP contribution in [0.5, 0.6) is 0 Å². The van der Waals surface area contributed by atoms with E-state index in [2.05, 4.69) is 34.0 Å². The zero-order valence-corrected chi connectivity index (χ0v) is 12.8. The Morgan fingerprint density at radius 1 is 1.35 bits per heavy atom. The van der Waals surface area contributed by atoms with Crippen LogP contribution in [0.1, 0.15) is 57.2 Å². The van der Waals surface area contributed by atoms with Gasteiger partial charge in [-0.05, 0) is 53.5 Å². The molecule has 0 bridgehead atoms. The van der Waals surface area contributed by atoms with E-state index in [0.717, 1.165) is 19.4 Å². The number of nitrogens with one attached hydrogen (secondary N) is 1. The normalized spacial score (nSPS) is 30.4. The van der Waals surface area contributed by atoms with Crippen molar-refractivity contribution < 1.29 is 4.79 Å². The average molecular weight is 290 g/mol. The van der Waals surface area contributed by atoms with Crippen LogP contribution in [-0.4, -0.2) is 22.9 Å². The van der Waals surface area contributed by atoms with E-state index in [9.17, 15) is 4.79 Å². The van der Waals surface area contributed by atoms with Gasteiger partial charge in [0.15, 0.2) is 0 Å². The minimum Gasteiger partial charge on any atom is -0.321 e. The second kappa shape index (κ2) is 4.31. The lowest BCUT2D eigenvalue weighted by Crippen LogP contribution is -2.39. The molecule has 0 radical (unpaired) electrons. The first-order valence-electron chi connectivity index (χ1n) is 7.73. The first kappa shape index (κ1) is 12.8. The Kier molecular flexibility index (Phi) is 2.77. The van der Waals surface area contributed by atoms with E-state index in [1.807, 2.05) is 0 Å². The van der Waals surface area contributed by atoms with Gasteiger partial charge in [-0.2, -0.15) is 11.3 Å². The Balaban J connectivity index is 1.62. The van der Waals surface area contributed by atoms with E-state index in [4.69, 9.17) is 0 Å². The molecule has 3 fully saturated rings. The number of rotatable bonds is 3. The van der Waals surface area contributed by atoms with Gasteiger partial charge in [-0.3, -0.25) is 10.1 Å². The van der Waals surface area contributed by atoms with Crippen molar-refractivity contribution in [3.05, 3.63) is 22.4 Å². The Hall–Kier alpha value is -0.870. The molecule has 2 saturated carbocycles. The Morgan fingerprint density at radius 3 is 2.70 bits per heavy atom. The van der Waals surface area contributed by atoms with Gasteiger partial charge in [-0.1, -0.05) is 19.8 Å². The van der Waals surface area contributed by atoms with Crippen molar-refractivity contribution in [3.8, 4) is 0 Å². The number of carbonyl (C=O) groups is 1. The third-order valence-electron chi connectivity index (χ3n) is 5.37. The summed E-state index contributed by atoms with van der Waals surface area (Å²) in [4.78, 5) is 14.9. The minimum atomic E-state index is -0.207. The molecule has 1 aliphatic heterocycles. The first-order valence-corrected chi connectivity index (χ1v) is 8.67. The van der Waals surface area contributed by atoms with Crippen molar-refractivity contribution >= 4 is 17.2 Å². The molecule has 108 valence electrons. The molecule has 20 heavy (non-hydrogen) atoms. The van der Waals surface area contributed by atoms with Gasteiger partial charge in [0.25, 0.3) is 0 Å². The molecule has 1 N–H and O–H groups in total. The predicted molar refractivity (Wildman–Crippen MR) is 80.4 cm³/mol. The summed E-state index contributed by atoms with van der Waals surface area (Å²) in [6.45, 7) is 3.27. The smallest absolute Gasteiger partial charge is 0.244 e. The fraction of sp³-hybridized carbons (Fsp3) is 0.688. The van der Waals surface area contributed by atoms with Gasteiger partial charge in [0, 0.05) is 6.54 Å². The van der Waals surface area contributed by atoms with Gasteiger partial charge >= 0.3 is 0 Å². The lowest BCUT2D eigenvalue weighted by Gasteiger charge is -2.33. The lowest BCUT2D eigenvalue weighted by molar-refractivity contribution is -0.132. The molecule has 4 rings (SSSR count). The molecule has 4 heteroatoms. The largest absolute Gasteiger partial charge is 0.321 e. The van der Waals surface area contributed by atoms with Crippen molar-refractivity contribution in [2.24, 2.45) is 5.41 Å². The standard InChI is InChI=1S/C16H22N2OS/c1-15(5-2-3-6-15)11-18-13(12-4-9-20-10-12)17-16(7-8-16)14(18)19/h4,9-10,13,17H,2-3,5-8,11H2,1H3. The topological polar surface area (TPSA) is 32.3 Å². The van der Waals surface area contributed by atoms with Gasteiger partial charge in [-0.15, -0.1) is 0 Å². The highest BCUT2D eigenvalue weighted by molar-refractivity contribution is 7.07. The molecule has 3 nitrogen and oxygen atoms in total. The molecule has 3 aliphatic rings. The van der Waals surface area contributed by atoms with Gasteiger partial charge in [-0.25, -0.2) is 0 Å². The van der Waals surface area contributed by atoms with E-state index in [-0.39, 0.29) is 11.7 Å². The van der Waals surface area contributed by atoms with E-state index in [0.29, 0.717) is 11.3 Å². The highest BCUT2D eigenvalue weighted by Crippen LogP contribution is 2.48. The van der Waals surface area contributed by atoms with Gasteiger partial charge in [0.2, 0.25) is 5.91 Å². The van der Waals surface area contributed by atoms with Crippen LogP contribution in [0.3, 0.4) is 0 Å². The molecule has 1 saturated heterocycles. The van der Waals surface area contributed by atoms with Crippen LogP contribution in [0.15, 0.2) is 16.8 Å². The highest BCUT2D eigenvalue weighted by Gasteiger charge is 2.60. The molecule has 1 aromatic rings. The minimum absolute atomic E-state index is 0.105. The number of nitrogens with zero attached hydrogens (tertiary/aromatic N) is 1. The molecule has 1 amide bonds. The van der Waals surface area contributed by atoms with Gasteiger partial charge < -0.3 is 4.90 Å². The van der Waals surface area contributed by atoms with Crippen LogP contribution in [0.2, 0.25) is 0 Å². The Bertz CT molecular complexity index is 515. The maximum absolute atomic E-state index is 12.8. The summed E-state index contributed by atoms with van der Waals surface area (Å²) < 4.78 is 0. The maximum Gasteiger partial charge on any atom is 0.244 e. The van der Waals surface area contributed by atoms with Crippen LogP contribution in [0.4, 0.5) is 0 Å².